The summed E-state index contributed by atoms with van der Waals surface area (Å²) in [4.78, 5) is 0. The smallest absolute Gasteiger partial charge is 0.0639 e. The second-order valence-corrected chi connectivity index (χ2v) is 2.94. The molecule has 0 amide bonds. The van der Waals surface area contributed by atoms with Crippen LogP contribution in [-0.2, 0) is 0 Å². The third-order valence-electron chi connectivity index (χ3n) is 1.56. The molecule has 0 spiro atoms. The summed E-state index contributed by atoms with van der Waals surface area (Å²) in [5.74, 6) is 0.622. The van der Waals surface area contributed by atoms with Crippen molar-refractivity contribution >= 4 is 0 Å². The van der Waals surface area contributed by atoms with Gasteiger partial charge < -0.3 is 5.11 Å². The van der Waals surface area contributed by atoms with Crippen LogP contribution in [0.15, 0.2) is 11.6 Å². The average Bonchev–Trinajstić information content (AvgIpc) is 1.88. The van der Waals surface area contributed by atoms with Crippen LogP contribution in [0.5, 0.6) is 0 Å². The first-order chi connectivity index (χ1) is 4.70. The van der Waals surface area contributed by atoms with E-state index in [0.29, 0.717) is 5.92 Å². The molecule has 0 aromatic rings. The van der Waals surface area contributed by atoms with Gasteiger partial charge in [-0.1, -0.05) is 31.9 Å². The molecule has 1 nitrogen and oxygen atoms in total. The highest BCUT2D eigenvalue weighted by atomic mass is 16.3. The summed E-state index contributed by atoms with van der Waals surface area (Å²) < 4.78 is 0. The van der Waals surface area contributed by atoms with Crippen molar-refractivity contribution in [3.05, 3.63) is 11.6 Å². The van der Waals surface area contributed by atoms with Gasteiger partial charge >= 0.3 is 0 Å². The predicted octanol–water partition coefficient (Wildman–Crippen LogP) is 2.36. The van der Waals surface area contributed by atoms with E-state index >= 15 is 0 Å². The predicted molar refractivity (Wildman–Crippen MR) is 44.9 cm³/mol. The molecule has 0 saturated heterocycles. The first kappa shape index (κ1) is 9.70. The van der Waals surface area contributed by atoms with Crippen LogP contribution in [0.25, 0.3) is 0 Å². The van der Waals surface area contributed by atoms with Crippen LogP contribution in [0.1, 0.15) is 33.6 Å². The van der Waals surface area contributed by atoms with Gasteiger partial charge in [0.05, 0.1) is 6.61 Å². The maximum absolute atomic E-state index is 8.68. The van der Waals surface area contributed by atoms with Crippen LogP contribution >= 0.6 is 0 Å². The minimum atomic E-state index is 0.202. The molecule has 0 bridgehead atoms. The Morgan fingerprint density at radius 1 is 1.60 bits per heavy atom. The van der Waals surface area contributed by atoms with Gasteiger partial charge in [-0.25, -0.2) is 0 Å². The fraction of sp³-hybridized carbons (Fsp3) is 0.778. The van der Waals surface area contributed by atoms with Crippen molar-refractivity contribution in [3.63, 3.8) is 0 Å². The molecule has 0 aromatic carbocycles. The third-order valence-corrected chi connectivity index (χ3v) is 1.56. The van der Waals surface area contributed by atoms with Crippen molar-refractivity contribution in [2.24, 2.45) is 5.92 Å². The second-order valence-electron chi connectivity index (χ2n) is 2.94. The zero-order chi connectivity index (χ0) is 7.98. The van der Waals surface area contributed by atoms with Crippen LogP contribution in [-0.4, -0.2) is 11.7 Å². The van der Waals surface area contributed by atoms with E-state index in [1.165, 1.54) is 12.8 Å². The maximum Gasteiger partial charge on any atom is 0.0639 e. The number of aliphatic hydroxyl groups is 1. The lowest BCUT2D eigenvalue weighted by atomic mass is 10.0. The van der Waals surface area contributed by atoms with Crippen LogP contribution in [0.2, 0.25) is 0 Å². The Morgan fingerprint density at radius 3 is 2.60 bits per heavy atom. The SMILES string of the molecule is CCC[C@@H](C)/C=C(/C)CO. The van der Waals surface area contributed by atoms with Gasteiger partial charge in [0.25, 0.3) is 0 Å². The molecule has 0 saturated carbocycles. The molecule has 0 unspecified atom stereocenters. The van der Waals surface area contributed by atoms with E-state index in [0.717, 1.165) is 5.57 Å². The molecular formula is C9H18O. The number of hydrogen-bond donors (Lipinski definition) is 1. The Balaban J connectivity index is 3.62. The maximum atomic E-state index is 8.68. The summed E-state index contributed by atoms with van der Waals surface area (Å²) in [5, 5.41) is 8.68. The molecule has 0 aliphatic rings. The molecule has 0 rings (SSSR count). The van der Waals surface area contributed by atoms with E-state index < -0.39 is 0 Å². The third kappa shape index (κ3) is 4.57. The lowest BCUT2D eigenvalue weighted by Gasteiger charge is -2.04. The van der Waals surface area contributed by atoms with Crippen LogP contribution in [0.3, 0.4) is 0 Å². The molecule has 1 N–H and O–H groups in total. The van der Waals surface area contributed by atoms with Crippen molar-refractivity contribution < 1.29 is 5.11 Å². The van der Waals surface area contributed by atoms with Crippen LogP contribution in [0.4, 0.5) is 0 Å². The molecule has 0 fully saturated rings. The molecule has 0 aliphatic heterocycles. The fourth-order valence-electron chi connectivity index (χ4n) is 1.08. The van der Waals surface area contributed by atoms with E-state index in [2.05, 4.69) is 19.9 Å². The van der Waals surface area contributed by atoms with Gasteiger partial charge in [-0.2, -0.15) is 0 Å². The first-order valence-electron chi connectivity index (χ1n) is 3.98. The monoisotopic (exact) mass is 142 g/mol. The molecular weight excluding hydrogens is 124 g/mol. The molecule has 1 heteroatoms. The van der Waals surface area contributed by atoms with Gasteiger partial charge in [0.1, 0.15) is 0 Å². The molecule has 0 aliphatic carbocycles. The zero-order valence-electron chi connectivity index (χ0n) is 7.22. The number of rotatable bonds is 4. The van der Waals surface area contributed by atoms with E-state index in [9.17, 15) is 0 Å². The van der Waals surface area contributed by atoms with Gasteiger partial charge in [0.15, 0.2) is 0 Å². The summed E-state index contributed by atoms with van der Waals surface area (Å²) in [6.45, 7) is 6.53. The van der Waals surface area contributed by atoms with Gasteiger partial charge in [0.2, 0.25) is 0 Å². The van der Waals surface area contributed by atoms with Gasteiger partial charge in [-0.05, 0) is 19.3 Å². The molecule has 60 valence electrons. The second kappa shape index (κ2) is 5.48. The van der Waals surface area contributed by atoms with Gasteiger partial charge in [-0.3, -0.25) is 0 Å². The summed E-state index contributed by atoms with van der Waals surface area (Å²) >= 11 is 0. The molecule has 0 radical (unpaired) electrons. The van der Waals surface area contributed by atoms with Crippen molar-refractivity contribution in [2.45, 2.75) is 33.6 Å². The lowest BCUT2D eigenvalue weighted by molar-refractivity contribution is 0.330. The van der Waals surface area contributed by atoms with Gasteiger partial charge in [0, 0.05) is 0 Å². The quantitative estimate of drug-likeness (QED) is 0.597. The molecule has 10 heavy (non-hydrogen) atoms. The normalized spacial score (nSPS) is 15.4. The summed E-state index contributed by atoms with van der Waals surface area (Å²) in [5.41, 5.74) is 1.08. The minimum absolute atomic E-state index is 0.202. The van der Waals surface area contributed by atoms with Crippen molar-refractivity contribution in [2.75, 3.05) is 6.61 Å². The molecule has 1 atom stereocenters. The van der Waals surface area contributed by atoms with E-state index in [4.69, 9.17) is 5.11 Å². The Bertz CT molecular complexity index is 105. The van der Waals surface area contributed by atoms with E-state index in [1.807, 2.05) is 6.92 Å². The Labute approximate surface area is 63.8 Å². The van der Waals surface area contributed by atoms with Crippen molar-refractivity contribution in [1.29, 1.82) is 0 Å². The van der Waals surface area contributed by atoms with E-state index in [-0.39, 0.29) is 6.61 Å². The fourth-order valence-corrected chi connectivity index (χ4v) is 1.08. The highest BCUT2D eigenvalue weighted by Gasteiger charge is 1.95. The summed E-state index contributed by atoms with van der Waals surface area (Å²) in [6, 6.07) is 0. The Kier molecular flexibility index (Phi) is 5.32. The van der Waals surface area contributed by atoms with E-state index in [1.54, 1.807) is 0 Å². The highest BCUT2D eigenvalue weighted by Crippen LogP contribution is 2.08. The average molecular weight is 142 g/mol. The van der Waals surface area contributed by atoms with Crippen molar-refractivity contribution in [1.82, 2.24) is 0 Å². The number of allylic oxidation sites excluding steroid dienone is 1. The Morgan fingerprint density at radius 2 is 2.20 bits per heavy atom. The van der Waals surface area contributed by atoms with Crippen molar-refractivity contribution in [3.8, 4) is 0 Å². The largest absolute Gasteiger partial charge is 0.392 e. The summed E-state index contributed by atoms with van der Waals surface area (Å²) in [6.07, 6.45) is 4.58. The minimum Gasteiger partial charge on any atom is -0.392 e. The van der Waals surface area contributed by atoms with Gasteiger partial charge in [-0.15, -0.1) is 0 Å². The topological polar surface area (TPSA) is 20.2 Å². The van der Waals surface area contributed by atoms with Crippen LogP contribution < -0.4 is 0 Å². The molecule has 0 aromatic heterocycles. The lowest BCUT2D eigenvalue weighted by Crippen LogP contribution is -1.92. The summed E-state index contributed by atoms with van der Waals surface area (Å²) in [7, 11) is 0. The number of aliphatic hydroxyl groups excluding tert-OH is 1. The van der Waals surface area contributed by atoms with Crippen LogP contribution in [0, 0.1) is 5.92 Å². The number of hydrogen-bond acceptors (Lipinski definition) is 1. The zero-order valence-corrected chi connectivity index (χ0v) is 7.22. The molecule has 0 heterocycles. The highest BCUT2D eigenvalue weighted by molar-refractivity contribution is 4.99. The first-order valence-corrected chi connectivity index (χ1v) is 3.98. The standard InChI is InChI=1S/C9H18O/c1-4-5-8(2)6-9(3)7-10/h6,8,10H,4-5,7H2,1-3H3/b9-6-/t8-/m1/s1. The Hall–Kier alpha value is -0.300.